The van der Waals surface area contributed by atoms with Crippen molar-refractivity contribution in [2.45, 2.75) is 32.4 Å². The number of carbonyl (C=O) groups excluding carboxylic acids is 4. The second-order valence-electron chi connectivity index (χ2n) is 7.07. The summed E-state index contributed by atoms with van der Waals surface area (Å²) in [5.74, 6) is -1.93. The van der Waals surface area contributed by atoms with Crippen LogP contribution in [0.5, 0.6) is 0 Å². The minimum Gasteiger partial charge on any atom is -0.467 e. The van der Waals surface area contributed by atoms with Crippen LogP contribution in [-0.2, 0) is 16.1 Å². The zero-order valence-electron chi connectivity index (χ0n) is 16.5. The average Bonchev–Trinajstić information content (AvgIpc) is 2.98. The maximum atomic E-state index is 12.8. The molecule has 150 valence electrons. The van der Waals surface area contributed by atoms with Crippen LogP contribution in [0.4, 0.5) is 0 Å². The number of benzene rings is 2. The van der Waals surface area contributed by atoms with Crippen LogP contribution in [0.1, 0.15) is 56.9 Å². The van der Waals surface area contributed by atoms with E-state index in [1.807, 2.05) is 30.3 Å². The van der Waals surface area contributed by atoms with Crippen molar-refractivity contribution >= 4 is 23.7 Å². The lowest BCUT2D eigenvalue weighted by Gasteiger charge is -2.26. The molecular weight excluding hydrogens is 372 g/mol. The Labute approximate surface area is 168 Å². The molecule has 0 aromatic heterocycles. The van der Waals surface area contributed by atoms with Crippen LogP contribution in [0.25, 0.3) is 0 Å². The highest BCUT2D eigenvalue weighted by atomic mass is 16.5. The lowest BCUT2D eigenvalue weighted by Crippen LogP contribution is -2.52. The molecule has 0 fully saturated rings. The second-order valence-corrected chi connectivity index (χ2v) is 7.07. The number of carbonyl (C=O) groups is 4. The van der Waals surface area contributed by atoms with E-state index >= 15 is 0 Å². The molecule has 2 aromatic rings. The number of amides is 3. The summed E-state index contributed by atoms with van der Waals surface area (Å²) in [5.41, 5.74) is 0.264. The largest absolute Gasteiger partial charge is 0.467 e. The molecule has 3 amide bonds. The van der Waals surface area contributed by atoms with E-state index in [2.05, 4.69) is 5.32 Å². The lowest BCUT2D eigenvalue weighted by atomic mass is 9.97. The first-order valence-corrected chi connectivity index (χ1v) is 9.26. The molecular formula is C22H22N2O5. The van der Waals surface area contributed by atoms with Gasteiger partial charge in [0.1, 0.15) is 5.54 Å². The maximum absolute atomic E-state index is 12.8. The first-order valence-electron chi connectivity index (χ1n) is 9.26. The number of imide groups is 1. The van der Waals surface area contributed by atoms with E-state index in [1.165, 1.54) is 25.3 Å². The van der Waals surface area contributed by atoms with E-state index in [0.717, 1.165) is 10.5 Å². The molecule has 3 rings (SSSR count). The number of ether oxygens (including phenoxy) is 1. The fraction of sp³-hybridized carbons (Fsp3) is 0.273. The van der Waals surface area contributed by atoms with Gasteiger partial charge in [0.15, 0.2) is 0 Å². The van der Waals surface area contributed by atoms with Crippen molar-refractivity contribution in [1.29, 1.82) is 0 Å². The van der Waals surface area contributed by atoms with E-state index < -0.39 is 29.2 Å². The normalized spacial score (nSPS) is 14.9. The van der Waals surface area contributed by atoms with E-state index in [0.29, 0.717) is 6.42 Å². The molecule has 0 aliphatic carbocycles. The van der Waals surface area contributed by atoms with E-state index in [-0.39, 0.29) is 23.2 Å². The van der Waals surface area contributed by atoms with Gasteiger partial charge in [-0.05, 0) is 37.1 Å². The average molecular weight is 394 g/mol. The number of nitrogens with one attached hydrogen (secondary N) is 1. The minimum absolute atomic E-state index is 0.158. The smallest absolute Gasteiger partial charge is 0.331 e. The van der Waals surface area contributed by atoms with Crippen molar-refractivity contribution in [2.24, 2.45) is 0 Å². The quantitative estimate of drug-likeness (QED) is 0.600. The van der Waals surface area contributed by atoms with Gasteiger partial charge in [-0.2, -0.15) is 0 Å². The first kappa shape index (κ1) is 20.3. The highest BCUT2D eigenvalue weighted by molar-refractivity contribution is 6.22. The van der Waals surface area contributed by atoms with Gasteiger partial charge >= 0.3 is 5.97 Å². The van der Waals surface area contributed by atoms with Crippen LogP contribution in [0.15, 0.2) is 48.5 Å². The Hall–Kier alpha value is -3.48. The Kier molecular flexibility index (Phi) is 5.50. The summed E-state index contributed by atoms with van der Waals surface area (Å²) in [5, 5.41) is 2.66. The van der Waals surface area contributed by atoms with E-state index in [1.54, 1.807) is 13.8 Å². The van der Waals surface area contributed by atoms with Crippen LogP contribution >= 0.6 is 0 Å². The topological polar surface area (TPSA) is 92.8 Å². The van der Waals surface area contributed by atoms with Gasteiger partial charge in [0, 0.05) is 5.56 Å². The van der Waals surface area contributed by atoms with Crippen molar-refractivity contribution in [2.75, 3.05) is 7.11 Å². The molecule has 0 bridgehead atoms. The van der Waals surface area contributed by atoms with Gasteiger partial charge in [-0.25, -0.2) is 4.79 Å². The Morgan fingerprint density at radius 1 is 1.03 bits per heavy atom. The van der Waals surface area contributed by atoms with Gasteiger partial charge in [0.25, 0.3) is 17.7 Å². The number of esters is 1. The highest BCUT2D eigenvalue weighted by Crippen LogP contribution is 2.26. The molecule has 1 aliphatic heterocycles. The molecule has 0 radical (unpaired) electrons. The fourth-order valence-corrected chi connectivity index (χ4v) is 3.17. The second kappa shape index (κ2) is 7.87. The van der Waals surface area contributed by atoms with Crippen LogP contribution in [0.2, 0.25) is 0 Å². The third-order valence-corrected chi connectivity index (χ3v) is 5.15. The van der Waals surface area contributed by atoms with Crippen LogP contribution in [0.3, 0.4) is 0 Å². The predicted octanol–water partition coefficient (Wildman–Crippen LogP) is 2.55. The molecule has 1 heterocycles. The summed E-state index contributed by atoms with van der Waals surface area (Å²) in [7, 11) is 1.25. The Bertz CT molecular complexity index is 986. The highest BCUT2D eigenvalue weighted by Gasteiger charge is 2.37. The summed E-state index contributed by atoms with van der Waals surface area (Å²) in [6, 6.07) is 13.5. The molecule has 0 spiro atoms. The van der Waals surface area contributed by atoms with Crippen molar-refractivity contribution in [3.05, 3.63) is 70.8 Å². The van der Waals surface area contributed by atoms with Crippen molar-refractivity contribution < 1.29 is 23.9 Å². The Morgan fingerprint density at radius 2 is 1.69 bits per heavy atom. The Morgan fingerprint density at radius 3 is 2.31 bits per heavy atom. The summed E-state index contributed by atoms with van der Waals surface area (Å²) in [6.07, 6.45) is 0.332. The molecule has 1 unspecified atom stereocenters. The molecule has 7 heteroatoms. The van der Waals surface area contributed by atoms with Crippen molar-refractivity contribution in [1.82, 2.24) is 10.2 Å². The van der Waals surface area contributed by atoms with Gasteiger partial charge in [-0.3, -0.25) is 19.3 Å². The first-order chi connectivity index (χ1) is 13.8. The predicted molar refractivity (Wildman–Crippen MR) is 105 cm³/mol. The van der Waals surface area contributed by atoms with Crippen LogP contribution in [-0.4, -0.2) is 41.2 Å². The van der Waals surface area contributed by atoms with Gasteiger partial charge < -0.3 is 10.1 Å². The molecule has 1 N–H and O–H groups in total. The SMILES string of the molecule is CCC(C)(NC(=O)c1ccc2c(c1)C(=O)N(Cc1ccccc1)C2=O)C(=O)OC. The van der Waals surface area contributed by atoms with E-state index in [9.17, 15) is 19.2 Å². The van der Waals surface area contributed by atoms with Gasteiger partial charge in [0.05, 0.1) is 24.8 Å². The third kappa shape index (κ3) is 3.76. The summed E-state index contributed by atoms with van der Waals surface area (Å²) < 4.78 is 4.76. The zero-order chi connectivity index (χ0) is 21.2. The van der Waals surface area contributed by atoms with Gasteiger partial charge in [0.2, 0.25) is 0 Å². The lowest BCUT2D eigenvalue weighted by molar-refractivity contribution is -0.147. The summed E-state index contributed by atoms with van der Waals surface area (Å²) in [6.45, 7) is 3.48. The van der Waals surface area contributed by atoms with Crippen molar-refractivity contribution in [3.63, 3.8) is 0 Å². The number of nitrogens with zero attached hydrogens (tertiary/aromatic N) is 1. The molecule has 0 saturated heterocycles. The van der Waals surface area contributed by atoms with Crippen molar-refractivity contribution in [3.8, 4) is 0 Å². The maximum Gasteiger partial charge on any atom is 0.331 e. The zero-order valence-corrected chi connectivity index (χ0v) is 16.5. The molecule has 7 nitrogen and oxygen atoms in total. The molecule has 2 aromatic carbocycles. The van der Waals surface area contributed by atoms with Gasteiger partial charge in [-0.1, -0.05) is 37.3 Å². The minimum atomic E-state index is -1.19. The van der Waals surface area contributed by atoms with Crippen LogP contribution in [0, 0.1) is 0 Å². The number of fused-ring (bicyclic) bond motifs is 1. The summed E-state index contributed by atoms with van der Waals surface area (Å²) in [4.78, 5) is 51.2. The summed E-state index contributed by atoms with van der Waals surface area (Å²) >= 11 is 0. The number of hydrogen-bond donors (Lipinski definition) is 1. The Balaban J connectivity index is 1.84. The molecule has 0 saturated carbocycles. The van der Waals surface area contributed by atoms with E-state index in [4.69, 9.17) is 4.74 Å². The molecule has 29 heavy (non-hydrogen) atoms. The third-order valence-electron chi connectivity index (χ3n) is 5.15. The van der Waals surface area contributed by atoms with Gasteiger partial charge in [-0.15, -0.1) is 0 Å². The molecule has 1 aliphatic rings. The number of hydrogen-bond acceptors (Lipinski definition) is 5. The standard InChI is InChI=1S/C22H22N2O5/c1-4-22(2,21(28)29-3)23-18(25)15-10-11-16-17(12-15)20(27)24(19(16)26)13-14-8-6-5-7-9-14/h5-12H,4,13H2,1-3H3,(H,23,25). The number of methoxy groups -OCH3 is 1. The van der Waals surface area contributed by atoms with Crippen LogP contribution < -0.4 is 5.32 Å². The monoisotopic (exact) mass is 394 g/mol. The fourth-order valence-electron chi connectivity index (χ4n) is 3.17. The molecule has 1 atom stereocenters. The number of rotatable bonds is 6.